The molecule has 130 valence electrons. The maximum Gasteiger partial charge on any atom is 0.259 e. The molecule has 1 amide bonds. The number of likely N-dealkylation sites (N-methyl/N-ethyl adjacent to an activating group) is 1. The van der Waals surface area contributed by atoms with Gasteiger partial charge in [-0.1, -0.05) is 25.1 Å². The van der Waals surface area contributed by atoms with Crippen molar-refractivity contribution in [2.75, 3.05) is 40.3 Å². The zero-order valence-electron chi connectivity index (χ0n) is 14.2. The minimum atomic E-state index is -0.0355. The molecule has 0 spiro atoms. The highest BCUT2D eigenvalue weighted by Crippen LogP contribution is 2.31. The second kappa shape index (κ2) is 8.52. The van der Waals surface area contributed by atoms with Gasteiger partial charge in [-0.3, -0.25) is 9.69 Å². The van der Waals surface area contributed by atoms with Crippen LogP contribution in [-0.2, 0) is 11.3 Å². The third kappa shape index (κ3) is 5.37. The number of likely N-dealkylation sites (tertiary alicyclic amines) is 1. The zero-order valence-corrected chi connectivity index (χ0v) is 15.1. The quantitative estimate of drug-likeness (QED) is 0.856. The zero-order chi connectivity index (χ0) is 16.2. The molecule has 2 rings (SSSR count). The van der Waals surface area contributed by atoms with E-state index in [-0.39, 0.29) is 30.3 Å². The van der Waals surface area contributed by atoms with Gasteiger partial charge in [0.1, 0.15) is 5.75 Å². The lowest BCUT2D eigenvalue weighted by Crippen LogP contribution is -2.31. The van der Waals surface area contributed by atoms with Gasteiger partial charge in [-0.2, -0.15) is 0 Å². The molecule has 2 N–H and O–H groups in total. The Morgan fingerprint density at radius 3 is 2.70 bits per heavy atom. The van der Waals surface area contributed by atoms with Crippen LogP contribution in [0.15, 0.2) is 24.3 Å². The van der Waals surface area contributed by atoms with Gasteiger partial charge in [0, 0.05) is 32.7 Å². The van der Waals surface area contributed by atoms with Gasteiger partial charge in [0.15, 0.2) is 6.61 Å². The molecule has 1 fully saturated rings. The van der Waals surface area contributed by atoms with Crippen LogP contribution in [0.3, 0.4) is 0 Å². The van der Waals surface area contributed by atoms with Crippen LogP contribution in [0, 0.1) is 5.41 Å². The standard InChI is InChI=1S/C17H27N3O2.ClH/c1-17(12-18)8-9-20(13-17)10-14-6-4-5-7-15(14)22-11-16(21)19(2)3;/h4-7H,8-13,18H2,1-3H3;1H. The average molecular weight is 342 g/mol. The first-order valence-corrected chi connectivity index (χ1v) is 7.77. The molecule has 0 radical (unpaired) electrons. The minimum Gasteiger partial charge on any atom is -0.483 e. The van der Waals surface area contributed by atoms with E-state index in [0.29, 0.717) is 0 Å². The number of ether oxygens (including phenoxy) is 1. The molecule has 1 aromatic carbocycles. The molecule has 23 heavy (non-hydrogen) atoms. The molecule has 6 heteroatoms. The highest BCUT2D eigenvalue weighted by atomic mass is 35.5. The van der Waals surface area contributed by atoms with Crippen molar-refractivity contribution >= 4 is 18.3 Å². The first-order chi connectivity index (χ1) is 10.4. The number of benzene rings is 1. The predicted octanol–water partition coefficient (Wildman–Crippen LogP) is 1.75. The molecule has 5 nitrogen and oxygen atoms in total. The van der Waals surface area contributed by atoms with Crippen LogP contribution in [0.4, 0.5) is 0 Å². The Balaban J connectivity index is 0.00000264. The van der Waals surface area contributed by atoms with E-state index in [0.717, 1.165) is 43.9 Å². The number of halogens is 1. The second-order valence-electron chi connectivity index (χ2n) is 6.66. The molecule has 0 bridgehead atoms. The Labute approximate surface area is 145 Å². The van der Waals surface area contributed by atoms with Crippen molar-refractivity contribution < 1.29 is 9.53 Å². The largest absolute Gasteiger partial charge is 0.483 e. The van der Waals surface area contributed by atoms with Crippen LogP contribution in [0.2, 0.25) is 0 Å². The lowest BCUT2D eigenvalue weighted by atomic mass is 9.90. The fourth-order valence-corrected chi connectivity index (χ4v) is 2.71. The number of nitrogens with two attached hydrogens (primary N) is 1. The number of nitrogens with zero attached hydrogens (tertiary/aromatic N) is 2. The number of hydrogen-bond donors (Lipinski definition) is 1. The Hall–Kier alpha value is -1.30. The van der Waals surface area contributed by atoms with E-state index >= 15 is 0 Å². The predicted molar refractivity (Wildman–Crippen MR) is 94.9 cm³/mol. The summed E-state index contributed by atoms with van der Waals surface area (Å²) in [6, 6.07) is 7.94. The number of carbonyl (C=O) groups is 1. The molecule has 1 aliphatic rings. The summed E-state index contributed by atoms with van der Waals surface area (Å²) in [5.41, 5.74) is 7.21. The number of para-hydroxylation sites is 1. The van der Waals surface area contributed by atoms with Crippen molar-refractivity contribution in [3.63, 3.8) is 0 Å². The second-order valence-corrected chi connectivity index (χ2v) is 6.66. The molecule has 1 aromatic rings. The van der Waals surface area contributed by atoms with E-state index < -0.39 is 0 Å². The first-order valence-electron chi connectivity index (χ1n) is 7.77. The van der Waals surface area contributed by atoms with Crippen LogP contribution in [0.25, 0.3) is 0 Å². The Morgan fingerprint density at radius 1 is 1.39 bits per heavy atom. The fraction of sp³-hybridized carbons (Fsp3) is 0.588. The van der Waals surface area contributed by atoms with Gasteiger partial charge in [-0.15, -0.1) is 12.4 Å². The van der Waals surface area contributed by atoms with E-state index in [2.05, 4.69) is 17.9 Å². The maximum atomic E-state index is 11.7. The summed E-state index contributed by atoms with van der Waals surface area (Å²) in [5.74, 6) is 0.755. The van der Waals surface area contributed by atoms with Crippen molar-refractivity contribution in [1.82, 2.24) is 9.80 Å². The molecule has 1 heterocycles. The normalized spacial score (nSPS) is 20.9. The SMILES string of the molecule is CN(C)C(=O)COc1ccccc1CN1CCC(C)(CN)C1.Cl. The van der Waals surface area contributed by atoms with E-state index in [1.807, 2.05) is 18.2 Å². The van der Waals surface area contributed by atoms with Crippen molar-refractivity contribution in [3.8, 4) is 5.75 Å². The molecular weight excluding hydrogens is 314 g/mol. The van der Waals surface area contributed by atoms with Crippen molar-refractivity contribution in [2.24, 2.45) is 11.1 Å². The van der Waals surface area contributed by atoms with Crippen molar-refractivity contribution in [2.45, 2.75) is 19.9 Å². The first kappa shape index (κ1) is 19.7. The summed E-state index contributed by atoms with van der Waals surface area (Å²) in [7, 11) is 3.46. The fourth-order valence-electron chi connectivity index (χ4n) is 2.71. The van der Waals surface area contributed by atoms with Crippen LogP contribution in [0.1, 0.15) is 18.9 Å². The smallest absolute Gasteiger partial charge is 0.259 e. The van der Waals surface area contributed by atoms with Crippen LogP contribution in [0.5, 0.6) is 5.75 Å². The van der Waals surface area contributed by atoms with Crippen LogP contribution < -0.4 is 10.5 Å². The molecule has 0 aromatic heterocycles. The third-order valence-corrected chi connectivity index (χ3v) is 4.35. The summed E-state index contributed by atoms with van der Waals surface area (Å²) in [4.78, 5) is 15.6. The van der Waals surface area contributed by atoms with Gasteiger partial charge >= 0.3 is 0 Å². The summed E-state index contributed by atoms with van der Waals surface area (Å²) >= 11 is 0. The van der Waals surface area contributed by atoms with Gasteiger partial charge in [0.2, 0.25) is 0 Å². The van der Waals surface area contributed by atoms with Gasteiger partial charge in [-0.25, -0.2) is 0 Å². The molecule has 1 unspecified atom stereocenters. The lowest BCUT2D eigenvalue weighted by molar-refractivity contribution is -0.130. The third-order valence-electron chi connectivity index (χ3n) is 4.35. The van der Waals surface area contributed by atoms with Crippen LogP contribution >= 0.6 is 12.4 Å². The molecule has 1 saturated heterocycles. The maximum absolute atomic E-state index is 11.7. The number of hydrogen-bond acceptors (Lipinski definition) is 4. The number of carbonyl (C=O) groups excluding carboxylic acids is 1. The minimum absolute atomic E-state index is 0. The Kier molecular flexibility index (Phi) is 7.32. The number of rotatable bonds is 6. The van der Waals surface area contributed by atoms with Gasteiger partial charge in [0.05, 0.1) is 0 Å². The summed E-state index contributed by atoms with van der Waals surface area (Å²) < 4.78 is 5.71. The lowest BCUT2D eigenvalue weighted by Gasteiger charge is -2.23. The van der Waals surface area contributed by atoms with Crippen molar-refractivity contribution in [3.05, 3.63) is 29.8 Å². The van der Waals surface area contributed by atoms with E-state index in [4.69, 9.17) is 10.5 Å². The Morgan fingerprint density at radius 2 is 2.09 bits per heavy atom. The highest BCUT2D eigenvalue weighted by molar-refractivity contribution is 5.85. The number of amides is 1. The van der Waals surface area contributed by atoms with E-state index in [9.17, 15) is 4.79 Å². The van der Waals surface area contributed by atoms with Crippen molar-refractivity contribution in [1.29, 1.82) is 0 Å². The highest BCUT2D eigenvalue weighted by Gasteiger charge is 2.32. The van der Waals surface area contributed by atoms with Gasteiger partial charge < -0.3 is 15.4 Å². The van der Waals surface area contributed by atoms with E-state index in [1.54, 1.807) is 14.1 Å². The Bertz CT molecular complexity index is 524. The molecule has 0 saturated carbocycles. The molecular formula is C17H28ClN3O2. The van der Waals surface area contributed by atoms with Gasteiger partial charge in [0.25, 0.3) is 5.91 Å². The summed E-state index contributed by atoms with van der Waals surface area (Å²) in [6.07, 6.45) is 1.13. The molecule has 1 atom stereocenters. The summed E-state index contributed by atoms with van der Waals surface area (Å²) in [6.45, 7) is 5.93. The monoisotopic (exact) mass is 341 g/mol. The van der Waals surface area contributed by atoms with E-state index in [1.165, 1.54) is 4.90 Å². The van der Waals surface area contributed by atoms with Gasteiger partial charge in [-0.05, 0) is 31.0 Å². The average Bonchev–Trinajstić information content (AvgIpc) is 2.88. The summed E-state index contributed by atoms with van der Waals surface area (Å²) in [5, 5.41) is 0. The van der Waals surface area contributed by atoms with Crippen LogP contribution in [-0.4, -0.2) is 56.0 Å². The molecule has 1 aliphatic heterocycles. The molecule has 0 aliphatic carbocycles. The topological polar surface area (TPSA) is 58.8 Å².